The van der Waals surface area contributed by atoms with Crippen LogP contribution in [0, 0.1) is 15.2 Å². The van der Waals surface area contributed by atoms with Crippen LogP contribution >= 0.6 is 22.6 Å². The molecule has 4 amide bonds. The Morgan fingerprint density at radius 1 is 0.649 bits per heavy atom. The van der Waals surface area contributed by atoms with Crippen LogP contribution in [0.4, 0.5) is 41.4 Å². The van der Waals surface area contributed by atoms with Gasteiger partial charge in [0.25, 0.3) is 0 Å². The monoisotopic (exact) mass is 1240 g/mol. The summed E-state index contributed by atoms with van der Waals surface area (Å²) in [6.45, 7) is 10.1. The number of hydrogen-bond donors (Lipinski definition) is 4. The van der Waals surface area contributed by atoms with Crippen LogP contribution in [-0.4, -0.2) is 131 Å². The molecule has 74 heavy (non-hydrogen) atoms. The van der Waals surface area contributed by atoms with E-state index in [1.807, 2.05) is 24.4 Å². The number of nitrogens with one attached hydrogen (secondary N) is 2. The summed E-state index contributed by atoms with van der Waals surface area (Å²) in [5.41, 5.74) is 3.61. The summed E-state index contributed by atoms with van der Waals surface area (Å²) in [5.74, 6) is 1.17. The molecule has 0 saturated carbocycles. The molecule has 4 aromatic heterocycles. The number of aromatic nitrogens is 6. The van der Waals surface area contributed by atoms with E-state index in [2.05, 4.69) is 86.1 Å². The first kappa shape index (κ1) is 53.9. The average Bonchev–Trinajstić information content (AvgIpc) is 4.29. The molecule has 2 aromatic carbocycles. The van der Waals surface area contributed by atoms with Crippen molar-refractivity contribution in [2.75, 3.05) is 59.7 Å². The molecule has 0 aliphatic carbocycles. The molecule has 16 nitrogen and oxygen atoms in total. The fourth-order valence-electron chi connectivity index (χ4n) is 11.4. The number of hydrogen-bond acceptors (Lipinski definition) is 10. The zero-order valence-electron chi connectivity index (χ0n) is 42.9. The Morgan fingerprint density at radius 3 is 1.55 bits per heavy atom. The van der Waals surface area contributed by atoms with Gasteiger partial charge in [0.05, 0.1) is 24.4 Å². The number of β-amino-alcohol motifs (C(OH)–C–C–N with tert-alkyl or cyclic N) is 2. The number of carbonyl (C=O) groups excluding carboxylic acids is 2. The van der Waals surface area contributed by atoms with Crippen molar-refractivity contribution >= 4 is 90.9 Å². The SMILES string of the molecule is CCC[CH2][Sn]([CH2]CCC)([CH2]CCC)[c]1ccc(F)c([C@H]2CCCN2c2ccn3ncc(NC(=O)N4CC[C@H](O)C4)c3n2)c1.O=C(Nc1cnn2ccc(N3CCC[C@@H]3c3cc(I)ccc3F)nc12)N1CC[C@H](O)C1. The van der Waals surface area contributed by atoms with Crippen molar-refractivity contribution in [2.24, 2.45) is 0 Å². The summed E-state index contributed by atoms with van der Waals surface area (Å²) in [6, 6.07) is 14.5. The van der Waals surface area contributed by atoms with Crippen molar-refractivity contribution in [1.82, 2.24) is 39.0 Å². The van der Waals surface area contributed by atoms with Crippen LogP contribution in [0.25, 0.3) is 11.3 Å². The Kier molecular flexibility index (Phi) is 17.8. The van der Waals surface area contributed by atoms with Gasteiger partial charge >= 0.3 is 236 Å². The first-order valence-electron chi connectivity index (χ1n) is 26.8. The van der Waals surface area contributed by atoms with E-state index < -0.39 is 30.6 Å². The first-order chi connectivity index (χ1) is 35.9. The molecule has 20 heteroatoms. The Labute approximate surface area is 450 Å². The maximum absolute atomic E-state index is 15.7. The number of halogens is 3. The molecule has 4 N–H and O–H groups in total. The maximum atomic E-state index is 15.7. The molecule has 4 aliphatic heterocycles. The Morgan fingerprint density at radius 2 is 1.11 bits per heavy atom. The fourth-order valence-corrected chi connectivity index (χ4v) is 28.0. The third-order valence-electron chi connectivity index (χ3n) is 15.5. The van der Waals surface area contributed by atoms with E-state index in [0.29, 0.717) is 67.3 Å². The molecular weight excluding hydrogens is 1160 g/mol. The van der Waals surface area contributed by atoms with Gasteiger partial charge in [0, 0.05) is 48.1 Å². The van der Waals surface area contributed by atoms with Crippen LogP contribution in [0.15, 0.2) is 73.3 Å². The average molecular weight is 1240 g/mol. The van der Waals surface area contributed by atoms with Crippen molar-refractivity contribution in [1.29, 1.82) is 0 Å². The summed E-state index contributed by atoms with van der Waals surface area (Å²) in [5, 5.41) is 34.0. The molecule has 10 rings (SSSR count). The number of likely N-dealkylation sites (tertiary alicyclic amines) is 2. The standard InChI is InChI=1S/C21H22FIN6O2.C21H22FN6O2.3C4H9.Sn/c22-16-4-3-13(23)10-15(16)18-2-1-7-28(18)19-6-9-29-20(26-19)17(11-24-29)25-21(31)27-8-5-14(30)12-27;22-16-5-2-1-4-15(16)18-6-3-9-27(18)19-8-11-28-20(25-19)17(12-23-28)24-21(30)26-10-7-14(29)13-26;3*1-3-4-2;/h3-4,6,9-11,14,18,30H,1-2,5,7-8,12H2,(H,25,31);2,4-5,8,11-12,14,18,29H,3,6-7,9-10,13H2,(H,24,30);3*1,3-4H2,2H3;/t2*14-,18+;;;;/m00..../s1. The second-order valence-corrected chi connectivity index (χ2v) is 35.0. The van der Waals surface area contributed by atoms with E-state index >= 15 is 4.39 Å². The molecule has 6 aromatic rings. The van der Waals surface area contributed by atoms with Crippen molar-refractivity contribution in [3.63, 3.8) is 0 Å². The summed E-state index contributed by atoms with van der Waals surface area (Å²) in [6.07, 6.45) is 18.2. The molecular formula is C54H71F2IN12O4Sn. The van der Waals surface area contributed by atoms with Gasteiger partial charge in [-0.1, -0.05) is 0 Å². The second-order valence-electron chi connectivity index (χ2n) is 20.6. The van der Waals surface area contributed by atoms with Gasteiger partial charge < -0.3 is 25.3 Å². The quantitative estimate of drug-likeness (QED) is 0.0540. The molecule has 0 spiro atoms. The van der Waals surface area contributed by atoms with E-state index in [1.165, 1.54) is 61.5 Å². The molecule has 0 unspecified atom stereocenters. The van der Waals surface area contributed by atoms with Crippen LogP contribution in [0.1, 0.15) is 121 Å². The van der Waals surface area contributed by atoms with Gasteiger partial charge in [0.1, 0.15) is 17.3 Å². The Balaban J connectivity index is 0.000000191. The minimum absolute atomic E-state index is 0.0746. The fraction of sp³-hybridized carbons (Fsp3) is 0.519. The van der Waals surface area contributed by atoms with Gasteiger partial charge in [-0.25, -0.2) is 18.7 Å². The van der Waals surface area contributed by atoms with Crippen LogP contribution in [0.5, 0.6) is 0 Å². The molecule has 4 fully saturated rings. The van der Waals surface area contributed by atoms with E-state index in [-0.39, 0.29) is 35.8 Å². The number of aliphatic hydroxyl groups is 2. The Bertz CT molecular complexity index is 2880. The van der Waals surface area contributed by atoms with E-state index in [9.17, 15) is 24.2 Å². The summed E-state index contributed by atoms with van der Waals surface area (Å²) in [4.78, 5) is 42.6. The zero-order valence-corrected chi connectivity index (χ0v) is 47.9. The first-order valence-corrected chi connectivity index (χ1v) is 35.4. The summed E-state index contributed by atoms with van der Waals surface area (Å²) < 4.78 is 40.1. The predicted molar refractivity (Wildman–Crippen MR) is 297 cm³/mol. The number of amides is 4. The molecule has 4 aliphatic rings. The molecule has 0 bridgehead atoms. The van der Waals surface area contributed by atoms with Crippen molar-refractivity contribution < 1.29 is 28.6 Å². The molecule has 0 radical (unpaired) electrons. The van der Waals surface area contributed by atoms with Gasteiger partial charge in [-0.15, -0.1) is 0 Å². The van der Waals surface area contributed by atoms with Crippen LogP contribution < -0.4 is 24.0 Å². The van der Waals surface area contributed by atoms with Crippen molar-refractivity contribution in [3.05, 3.63) is 99.6 Å². The summed E-state index contributed by atoms with van der Waals surface area (Å²) >= 11 is -0.533. The van der Waals surface area contributed by atoms with Crippen LogP contribution in [0.2, 0.25) is 13.3 Å². The van der Waals surface area contributed by atoms with Gasteiger partial charge in [-0.3, -0.25) is 0 Å². The van der Waals surface area contributed by atoms with Gasteiger partial charge in [0.2, 0.25) is 0 Å². The van der Waals surface area contributed by atoms with E-state index in [0.717, 1.165) is 59.5 Å². The number of anilines is 4. The van der Waals surface area contributed by atoms with Crippen LogP contribution in [-0.2, 0) is 0 Å². The largest absolute Gasteiger partial charge is 0.391 e. The number of benzene rings is 2. The predicted octanol–water partition coefficient (Wildman–Crippen LogP) is 10.3. The normalized spacial score (nSPS) is 20.0. The number of urea groups is 2. The zero-order chi connectivity index (χ0) is 51.9. The molecule has 4 saturated heterocycles. The minimum Gasteiger partial charge on any atom is -0.391 e. The second kappa shape index (κ2) is 24.4. The molecule has 4 atom stereocenters. The minimum atomic E-state index is -2.73. The van der Waals surface area contributed by atoms with Gasteiger partial charge in [-0.05, 0) is 72.5 Å². The van der Waals surface area contributed by atoms with Crippen molar-refractivity contribution in [3.8, 4) is 0 Å². The number of unbranched alkanes of at least 4 members (excludes halogenated alkanes) is 3. The number of nitrogens with zero attached hydrogens (tertiary/aromatic N) is 10. The number of fused-ring (bicyclic) bond motifs is 2. The third-order valence-corrected chi connectivity index (χ3v) is 31.8. The van der Waals surface area contributed by atoms with E-state index in [1.54, 1.807) is 49.6 Å². The number of carbonyl (C=O) groups is 2. The van der Waals surface area contributed by atoms with Crippen LogP contribution in [0.3, 0.4) is 0 Å². The van der Waals surface area contributed by atoms with Gasteiger partial charge in [0.15, 0.2) is 5.65 Å². The number of aliphatic hydroxyl groups excluding tert-OH is 2. The summed E-state index contributed by atoms with van der Waals surface area (Å²) in [7, 11) is 0. The molecule has 8 heterocycles. The third kappa shape index (κ3) is 12.0. The number of rotatable bonds is 16. The maximum Gasteiger partial charge on any atom is 0.322 e. The topological polar surface area (TPSA) is 172 Å². The Hall–Kier alpha value is -4.87. The molecule has 396 valence electrons. The van der Waals surface area contributed by atoms with Crippen molar-refractivity contribution in [2.45, 2.75) is 135 Å². The van der Waals surface area contributed by atoms with E-state index in [4.69, 9.17) is 9.97 Å². The van der Waals surface area contributed by atoms with Gasteiger partial charge in [-0.2, -0.15) is 5.10 Å². The smallest absolute Gasteiger partial charge is 0.322 e.